The van der Waals surface area contributed by atoms with Crippen molar-refractivity contribution < 1.29 is 39.5 Å². The van der Waals surface area contributed by atoms with Gasteiger partial charge in [-0.15, -0.1) is 0 Å². The summed E-state index contributed by atoms with van der Waals surface area (Å²) in [6.45, 7) is 4.60. The third-order valence-electron chi connectivity index (χ3n) is 4.79. The smallest absolute Gasteiger partial charge is 0.550 e. The van der Waals surface area contributed by atoms with Crippen molar-refractivity contribution in [3.05, 3.63) is 0 Å². The van der Waals surface area contributed by atoms with E-state index in [4.69, 9.17) is 0 Å². The van der Waals surface area contributed by atoms with Gasteiger partial charge in [0.25, 0.3) is 0 Å². The van der Waals surface area contributed by atoms with Gasteiger partial charge < -0.3 is 9.90 Å². The van der Waals surface area contributed by atoms with Crippen LogP contribution in [-0.4, -0.2) is 5.97 Å². The van der Waals surface area contributed by atoms with E-state index in [2.05, 4.69) is 13.8 Å². The Morgan fingerprint density at radius 1 is 0.739 bits per heavy atom. The van der Waals surface area contributed by atoms with Gasteiger partial charge in [0, 0.05) is 5.97 Å². The second-order valence-corrected chi connectivity index (χ2v) is 6.86. The third kappa shape index (κ3) is 20.4. The van der Waals surface area contributed by atoms with E-state index < -0.39 is 5.97 Å². The van der Waals surface area contributed by atoms with Crippen molar-refractivity contribution in [3.8, 4) is 0 Å². The Bertz CT molecular complexity index is 244. The zero-order valence-corrected chi connectivity index (χ0v) is 18.2. The Labute approximate surface area is 167 Å². The first kappa shape index (κ1) is 25.7. The van der Waals surface area contributed by atoms with Gasteiger partial charge in [-0.2, -0.15) is 0 Å². The third-order valence-corrected chi connectivity index (χ3v) is 4.79. The van der Waals surface area contributed by atoms with Crippen LogP contribution >= 0.6 is 0 Å². The van der Waals surface area contributed by atoms with Crippen LogP contribution in [0, 0.1) is 5.92 Å². The first-order valence-corrected chi connectivity index (χ1v) is 9.90. The van der Waals surface area contributed by atoms with Gasteiger partial charge in [0.2, 0.25) is 0 Å². The van der Waals surface area contributed by atoms with E-state index in [1.54, 1.807) is 0 Å². The molecule has 0 rings (SSSR count). The second kappa shape index (κ2) is 20.5. The number of rotatable bonds is 17. The predicted molar refractivity (Wildman–Crippen MR) is 93.7 cm³/mol. The molecule has 0 saturated carbocycles. The van der Waals surface area contributed by atoms with Crippen molar-refractivity contribution in [2.75, 3.05) is 0 Å². The van der Waals surface area contributed by atoms with E-state index in [1.165, 1.54) is 83.5 Å². The molecule has 0 aromatic rings. The summed E-state index contributed by atoms with van der Waals surface area (Å²) in [4.78, 5) is 10.3. The maximum atomic E-state index is 10.3. The SMILES string of the molecule is CCCCCCCCCC(CC)CCCCCCCC(=O)[O-].[Na+]. The first-order chi connectivity index (χ1) is 10.7. The summed E-state index contributed by atoms with van der Waals surface area (Å²) in [5, 5.41) is 10.3. The maximum Gasteiger partial charge on any atom is 1.00 e. The van der Waals surface area contributed by atoms with Gasteiger partial charge in [0.1, 0.15) is 0 Å². The largest absolute Gasteiger partial charge is 1.00 e. The fourth-order valence-electron chi connectivity index (χ4n) is 3.18. The van der Waals surface area contributed by atoms with Gasteiger partial charge in [-0.25, -0.2) is 0 Å². The number of hydrogen-bond acceptors (Lipinski definition) is 2. The zero-order valence-electron chi connectivity index (χ0n) is 16.2. The molecule has 0 aliphatic carbocycles. The van der Waals surface area contributed by atoms with Crippen LogP contribution in [0.25, 0.3) is 0 Å². The summed E-state index contributed by atoms with van der Waals surface area (Å²) < 4.78 is 0. The van der Waals surface area contributed by atoms with Gasteiger partial charge in [-0.1, -0.05) is 104 Å². The molecule has 0 aromatic heterocycles. The molecule has 0 fully saturated rings. The molecule has 2 nitrogen and oxygen atoms in total. The van der Waals surface area contributed by atoms with Gasteiger partial charge in [-0.3, -0.25) is 0 Å². The zero-order chi connectivity index (χ0) is 16.5. The molecule has 23 heavy (non-hydrogen) atoms. The van der Waals surface area contributed by atoms with Crippen LogP contribution in [0.2, 0.25) is 0 Å². The summed E-state index contributed by atoms with van der Waals surface area (Å²) in [7, 11) is 0. The van der Waals surface area contributed by atoms with Crippen LogP contribution in [0.5, 0.6) is 0 Å². The Balaban J connectivity index is 0. The average molecular weight is 335 g/mol. The second-order valence-electron chi connectivity index (χ2n) is 6.86. The Morgan fingerprint density at radius 3 is 1.61 bits per heavy atom. The number of carboxylic acid groups (broad SMARTS) is 1. The summed E-state index contributed by atoms with van der Waals surface area (Å²) in [5.74, 6) is 0.0135. The van der Waals surface area contributed by atoms with Crippen molar-refractivity contribution in [1.82, 2.24) is 0 Å². The minimum Gasteiger partial charge on any atom is -0.550 e. The van der Waals surface area contributed by atoms with Crippen LogP contribution in [0.4, 0.5) is 0 Å². The van der Waals surface area contributed by atoms with E-state index in [0.29, 0.717) is 0 Å². The summed E-state index contributed by atoms with van der Waals surface area (Å²) >= 11 is 0. The minimum absolute atomic E-state index is 0. The van der Waals surface area contributed by atoms with E-state index in [-0.39, 0.29) is 36.0 Å². The summed E-state index contributed by atoms with van der Waals surface area (Å²) in [6, 6.07) is 0. The summed E-state index contributed by atoms with van der Waals surface area (Å²) in [6.07, 6.45) is 19.8. The van der Waals surface area contributed by atoms with Crippen LogP contribution in [0.15, 0.2) is 0 Å². The number of aliphatic carboxylic acids is 1. The molecular formula is C20H39NaO2. The number of unbranched alkanes of at least 4 members (excludes halogenated alkanes) is 10. The van der Waals surface area contributed by atoms with Gasteiger partial charge >= 0.3 is 29.6 Å². The molecule has 0 saturated heterocycles. The molecule has 0 aromatic carbocycles. The number of hydrogen-bond donors (Lipinski definition) is 0. The van der Waals surface area contributed by atoms with Crippen molar-refractivity contribution >= 4 is 5.97 Å². The molecule has 0 bridgehead atoms. The normalized spacial score (nSPS) is 11.9. The van der Waals surface area contributed by atoms with E-state index in [0.717, 1.165) is 18.8 Å². The van der Waals surface area contributed by atoms with Crippen LogP contribution in [0.3, 0.4) is 0 Å². The molecule has 132 valence electrons. The quantitative estimate of drug-likeness (QED) is 0.303. The fraction of sp³-hybridized carbons (Fsp3) is 0.950. The van der Waals surface area contributed by atoms with E-state index in [1.807, 2.05) is 0 Å². The van der Waals surface area contributed by atoms with E-state index in [9.17, 15) is 9.90 Å². The summed E-state index contributed by atoms with van der Waals surface area (Å²) in [5.41, 5.74) is 0. The number of carbonyl (C=O) groups is 1. The van der Waals surface area contributed by atoms with Crippen molar-refractivity contribution in [1.29, 1.82) is 0 Å². The maximum absolute atomic E-state index is 10.3. The van der Waals surface area contributed by atoms with Crippen LogP contribution in [0.1, 0.15) is 117 Å². The molecule has 0 spiro atoms. The molecule has 1 unspecified atom stereocenters. The van der Waals surface area contributed by atoms with Gasteiger partial charge in [0.05, 0.1) is 0 Å². The molecule has 0 radical (unpaired) electrons. The van der Waals surface area contributed by atoms with Gasteiger partial charge in [0.15, 0.2) is 0 Å². The van der Waals surface area contributed by atoms with Crippen molar-refractivity contribution in [2.24, 2.45) is 5.92 Å². The molecule has 1 atom stereocenters. The number of carbonyl (C=O) groups excluding carboxylic acids is 1. The molecular weight excluding hydrogens is 295 g/mol. The van der Waals surface area contributed by atoms with Crippen molar-refractivity contribution in [2.45, 2.75) is 117 Å². The Morgan fingerprint density at radius 2 is 1.17 bits per heavy atom. The average Bonchev–Trinajstić information content (AvgIpc) is 2.50. The molecule has 0 amide bonds. The molecule has 0 aliphatic heterocycles. The molecule has 0 aliphatic rings. The minimum atomic E-state index is -0.902. The molecule has 0 heterocycles. The van der Waals surface area contributed by atoms with Crippen LogP contribution in [-0.2, 0) is 4.79 Å². The first-order valence-electron chi connectivity index (χ1n) is 9.90. The van der Waals surface area contributed by atoms with E-state index >= 15 is 0 Å². The predicted octanol–water partition coefficient (Wildman–Crippen LogP) is 2.64. The topological polar surface area (TPSA) is 40.1 Å². The Kier molecular flexibility index (Phi) is 22.9. The molecule has 0 N–H and O–H groups in total. The van der Waals surface area contributed by atoms with Crippen molar-refractivity contribution in [3.63, 3.8) is 0 Å². The van der Waals surface area contributed by atoms with Crippen LogP contribution < -0.4 is 34.7 Å². The standard InChI is InChI=1S/C20H40O2.Na/c1-3-5-6-7-8-10-13-16-19(4-2)17-14-11-9-12-15-18-20(21)22;/h19H,3-18H2,1-2H3,(H,21,22);/q;+1/p-1. The molecule has 3 heteroatoms. The Hall–Kier alpha value is 0.470. The van der Waals surface area contributed by atoms with Gasteiger partial charge in [-0.05, 0) is 18.8 Å². The number of carboxylic acids is 1. The fourth-order valence-corrected chi connectivity index (χ4v) is 3.18. The monoisotopic (exact) mass is 334 g/mol.